The highest BCUT2D eigenvalue weighted by molar-refractivity contribution is 6.05. The Morgan fingerprint density at radius 1 is 0.700 bits per heavy atom. The van der Waals surface area contributed by atoms with Crippen molar-refractivity contribution in [2.24, 2.45) is 0 Å². The normalized spacial score (nSPS) is 14.8. The Balaban J connectivity index is 0.000000170. The van der Waals surface area contributed by atoms with Crippen LogP contribution in [0.5, 0.6) is 0 Å². The molecule has 0 unspecified atom stereocenters. The van der Waals surface area contributed by atoms with Gasteiger partial charge in [0.2, 0.25) is 0 Å². The molecule has 1 fully saturated rings. The molecule has 1 saturated heterocycles. The minimum absolute atomic E-state index is 1.06. The van der Waals surface area contributed by atoms with Crippen molar-refractivity contribution in [1.82, 2.24) is 15.6 Å². The van der Waals surface area contributed by atoms with Crippen LogP contribution in [0.1, 0.15) is 0 Å². The average molecular weight is 265 g/mol. The summed E-state index contributed by atoms with van der Waals surface area (Å²) in [5, 5.41) is 10.1. The van der Waals surface area contributed by atoms with Crippen LogP contribution in [-0.2, 0) is 0 Å². The van der Waals surface area contributed by atoms with Crippen LogP contribution in [-0.4, -0.2) is 31.2 Å². The summed E-state index contributed by atoms with van der Waals surface area (Å²) in [6, 6.07) is 16.6. The van der Waals surface area contributed by atoms with E-state index in [0.29, 0.717) is 0 Å². The molecule has 0 saturated carbocycles. The standard InChI is InChI=1S/C13H9N.C4H10N2/c1-2-6-11-10(5-1)9-14-13-8-4-3-7-12(11)13;1-2-6-4-3-5-1/h1-9H;5-6H,1-4H2. The summed E-state index contributed by atoms with van der Waals surface area (Å²) in [4.78, 5) is 4.41. The van der Waals surface area contributed by atoms with Gasteiger partial charge in [-0.2, -0.15) is 0 Å². The third-order valence-corrected chi connectivity index (χ3v) is 3.45. The Morgan fingerprint density at radius 3 is 2.00 bits per heavy atom. The third kappa shape index (κ3) is 2.95. The third-order valence-electron chi connectivity index (χ3n) is 3.45. The second kappa shape index (κ2) is 6.46. The number of nitrogens with one attached hydrogen (secondary N) is 2. The van der Waals surface area contributed by atoms with Gasteiger partial charge in [-0.25, -0.2) is 0 Å². The zero-order valence-corrected chi connectivity index (χ0v) is 11.5. The maximum Gasteiger partial charge on any atom is 0.0708 e. The second-order valence-electron chi connectivity index (χ2n) is 4.86. The molecule has 20 heavy (non-hydrogen) atoms. The van der Waals surface area contributed by atoms with Crippen molar-refractivity contribution in [3.05, 3.63) is 54.7 Å². The minimum Gasteiger partial charge on any atom is -0.314 e. The Morgan fingerprint density at radius 2 is 1.30 bits per heavy atom. The predicted molar refractivity (Wildman–Crippen MR) is 85.0 cm³/mol. The number of benzene rings is 2. The number of piperazine rings is 1. The monoisotopic (exact) mass is 265 g/mol. The van der Waals surface area contributed by atoms with Crippen molar-refractivity contribution in [1.29, 1.82) is 0 Å². The predicted octanol–water partition coefficient (Wildman–Crippen LogP) is 2.57. The first-order valence-electron chi connectivity index (χ1n) is 7.09. The van der Waals surface area contributed by atoms with E-state index in [4.69, 9.17) is 0 Å². The molecule has 1 aliphatic heterocycles. The van der Waals surface area contributed by atoms with Gasteiger partial charge >= 0.3 is 0 Å². The number of aromatic nitrogens is 1. The molecule has 0 radical (unpaired) electrons. The molecular weight excluding hydrogens is 246 g/mol. The SMILES string of the molecule is C1CNCCN1.c1ccc2c(c1)cnc1ccccc12. The van der Waals surface area contributed by atoms with Crippen LogP contribution < -0.4 is 10.6 Å². The smallest absolute Gasteiger partial charge is 0.0708 e. The van der Waals surface area contributed by atoms with Crippen molar-refractivity contribution in [3.8, 4) is 0 Å². The first kappa shape index (κ1) is 13.0. The van der Waals surface area contributed by atoms with Crippen LogP contribution in [0.25, 0.3) is 21.7 Å². The summed E-state index contributed by atoms with van der Waals surface area (Å²) < 4.78 is 0. The van der Waals surface area contributed by atoms with Crippen LogP contribution >= 0.6 is 0 Å². The van der Waals surface area contributed by atoms with Gasteiger partial charge in [-0.3, -0.25) is 4.98 Å². The fourth-order valence-corrected chi connectivity index (χ4v) is 2.41. The molecule has 4 rings (SSSR count). The first-order chi connectivity index (χ1) is 9.95. The molecule has 3 heteroatoms. The average Bonchev–Trinajstić information content (AvgIpc) is 2.57. The lowest BCUT2D eigenvalue weighted by Gasteiger charge is -2.11. The topological polar surface area (TPSA) is 37.0 Å². The maximum atomic E-state index is 4.41. The van der Waals surface area contributed by atoms with E-state index >= 15 is 0 Å². The largest absolute Gasteiger partial charge is 0.314 e. The van der Waals surface area contributed by atoms with E-state index in [9.17, 15) is 0 Å². The Labute approximate surface area is 119 Å². The van der Waals surface area contributed by atoms with Gasteiger partial charge in [-0.1, -0.05) is 42.5 Å². The van der Waals surface area contributed by atoms with E-state index in [2.05, 4.69) is 45.9 Å². The molecule has 2 aromatic carbocycles. The van der Waals surface area contributed by atoms with Gasteiger partial charge in [-0.05, 0) is 11.5 Å². The summed E-state index contributed by atoms with van der Waals surface area (Å²) in [5.74, 6) is 0. The highest BCUT2D eigenvalue weighted by Crippen LogP contribution is 2.22. The molecular formula is C17H19N3. The van der Waals surface area contributed by atoms with E-state index in [-0.39, 0.29) is 0 Å². The number of fused-ring (bicyclic) bond motifs is 3. The number of hydrogen-bond acceptors (Lipinski definition) is 3. The lowest BCUT2D eigenvalue weighted by Crippen LogP contribution is -2.39. The van der Waals surface area contributed by atoms with Crippen molar-refractivity contribution < 1.29 is 0 Å². The van der Waals surface area contributed by atoms with E-state index in [0.717, 1.165) is 31.7 Å². The minimum atomic E-state index is 1.06. The fourth-order valence-electron chi connectivity index (χ4n) is 2.41. The van der Waals surface area contributed by atoms with Crippen LogP contribution in [0.3, 0.4) is 0 Å². The number of para-hydroxylation sites is 1. The zero-order valence-electron chi connectivity index (χ0n) is 11.5. The number of nitrogens with zero attached hydrogens (tertiary/aromatic N) is 1. The summed E-state index contributed by atoms with van der Waals surface area (Å²) in [7, 11) is 0. The molecule has 3 nitrogen and oxygen atoms in total. The summed E-state index contributed by atoms with van der Waals surface area (Å²) in [6.45, 7) is 4.56. The highest BCUT2D eigenvalue weighted by Gasteiger charge is 1.98. The molecule has 0 aliphatic carbocycles. The molecule has 0 spiro atoms. The van der Waals surface area contributed by atoms with Crippen LogP contribution in [0.4, 0.5) is 0 Å². The Hall–Kier alpha value is -1.97. The maximum absolute atomic E-state index is 4.41. The molecule has 0 bridgehead atoms. The van der Waals surface area contributed by atoms with Gasteiger partial charge in [-0.15, -0.1) is 0 Å². The van der Waals surface area contributed by atoms with Crippen molar-refractivity contribution >= 4 is 21.7 Å². The van der Waals surface area contributed by atoms with Gasteiger partial charge < -0.3 is 10.6 Å². The quantitative estimate of drug-likeness (QED) is 0.613. The molecule has 0 amide bonds. The second-order valence-corrected chi connectivity index (χ2v) is 4.86. The molecule has 1 aromatic heterocycles. The molecule has 0 atom stereocenters. The molecule has 1 aliphatic rings. The van der Waals surface area contributed by atoms with E-state index in [1.54, 1.807) is 0 Å². The number of pyridine rings is 1. The van der Waals surface area contributed by atoms with Crippen LogP contribution in [0.15, 0.2) is 54.7 Å². The van der Waals surface area contributed by atoms with E-state index in [1.165, 1.54) is 16.2 Å². The highest BCUT2D eigenvalue weighted by atomic mass is 15.0. The Kier molecular flexibility index (Phi) is 4.21. The van der Waals surface area contributed by atoms with Crippen LogP contribution in [0.2, 0.25) is 0 Å². The van der Waals surface area contributed by atoms with Crippen molar-refractivity contribution in [3.63, 3.8) is 0 Å². The summed E-state index contributed by atoms with van der Waals surface area (Å²) >= 11 is 0. The van der Waals surface area contributed by atoms with Gasteiger partial charge in [0, 0.05) is 43.1 Å². The zero-order chi connectivity index (χ0) is 13.6. The van der Waals surface area contributed by atoms with Gasteiger partial charge in [0.15, 0.2) is 0 Å². The van der Waals surface area contributed by atoms with Gasteiger partial charge in [0.25, 0.3) is 0 Å². The molecule has 2 N–H and O–H groups in total. The first-order valence-corrected chi connectivity index (χ1v) is 7.09. The molecule has 102 valence electrons. The summed E-state index contributed by atoms with van der Waals surface area (Å²) in [5.41, 5.74) is 1.06. The summed E-state index contributed by atoms with van der Waals surface area (Å²) in [6.07, 6.45) is 1.93. The number of hydrogen-bond donors (Lipinski definition) is 2. The fraction of sp³-hybridized carbons (Fsp3) is 0.235. The van der Waals surface area contributed by atoms with Gasteiger partial charge in [0.05, 0.1) is 5.52 Å². The van der Waals surface area contributed by atoms with Crippen LogP contribution in [0, 0.1) is 0 Å². The van der Waals surface area contributed by atoms with E-state index < -0.39 is 0 Å². The number of rotatable bonds is 0. The Bertz CT molecular complexity index is 623. The molecule has 2 heterocycles. The van der Waals surface area contributed by atoms with Crippen molar-refractivity contribution in [2.45, 2.75) is 0 Å². The lowest BCUT2D eigenvalue weighted by molar-refractivity contribution is 0.534. The van der Waals surface area contributed by atoms with Crippen molar-refractivity contribution in [2.75, 3.05) is 26.2 Å². The van der Waals surface area contributed by atoms with E-state index in [1.807, 2.05) is 24.4 Å². The lowest BCUT2D eigenvalue weighted by atomic mass is 10.1. The molecule has 3 aromatic rings. The van der Waals surface area contributed by atoms with Gasteiger partial charge in [0.1, 0.15) is 0 Å².